The number of hydrogen-bond acceptors (Lipinski definition) is 4. The van der Waals surface area contributed by atoms with Gasteiger partial charge in [0.2, 0.25) is 17.6 Å². The van der Waals surface area contributed by atoms with E-state index in [0.29, 0.717) is 24.6 Å². The zero-order valence-corrected chi connectivity index (χ0v) is 13.5. The lowest BCUT2D eigenvalue weighted by Gasteiger charge is -2.15. The fraction of sp³-hybridized carbons (Fsp3) is 0.471. The van der Waals surface area contributed by atoms with Crippen LogP contribution in [0.5, 0.6) is 0 Å². The molecule has 5 nitrogen and oxygen atoms in total. The second-order valence-electron chi connectivity index (χ2n) is 5.50. The fourth-order valence-corrected chi connectivity index (χ4v) is 2.21. The number of aromatic nitrogens is 2. The van der Waals surface area contributed by atoms with Gasteiger partial charge < -0.3 is 9.42 Å². The third-order valence-electron chi connectivity index (χ3n) is 3.68. The molecule has 0 fully saturated rings. The zero-order chi connectivity index (χ0) is 15.9. The van der Waals surface area contributed by atoms with Crippen molar-refractivity contribution in [2.24, 2.45) is 0 Å². The van der Waals surface area contributed by atoms with Crippen molar-refractivity contribution in [1.29, 1.82) is 0 Å². The molecule has 22 heavy (non-hydrogen) atoms. The van der Waals surface area contributed by atoms with Crippen LogP contribution in [0.25, 0.3) is 11.4 Å². The van der Waals surface area contributed by atoms with Crippen LogP contribution >= 0.6 is 0 Å². The maximum Gasteiger partial charge on any atom is 0.227 e. The molecule has 118 valence electrons. The van der Waals surface area contributed by atoms with Crippen molar-refractivity contribution in [3.05, 3.63) is 35.7 Å². The molecule has 1 amide bonds. The Morgan fingerprint density at radius 3 is 2.82 bits per heavy atom. The molecule has 1 heterocycles. The topological polar surface area (TPSA) is 59.2 Å². The molecule has 0 unspecified atom stereocenters. The molecule has 1 aromatic carbocycles. The number of nitrogens with zero attached hydrogens (tertiary/aromatic N) is 3. The maximum absolute atomic E-state index is 12.0. The van der Waals surface area contributed by atoms with E-state index < -0.39 is 0 Å². The number of carbonyl (C=O) groups excluding carboxylic acids is 1. The molecule has 0 radical (unpaired) electrons. The van der Waals surface area contributed by atoms with Crippen LogP contribution in [0.15, 0.2) is 28.8 Å². The van der Waals surface area contributed by atoms with Gasteiger partial charge in [-0.05, 0) is 18.9 Å². The number of benzene rings is 1. The van der Waals surface area contributed by atoms with Crippen molar-refractivity contribution in [3.63, 3.8) is 0 Å². The van der Waals surface area contributed by atoms with E-state index in [1.54, 1.807) is 4.90 Å². The lowest BCUT2D eigenvalue weighted by molar-refractivity contribution is -0.130. The van der Waals surface area contributed by atoms with Crippen LogP contribution in [0.2, 0.25) is 0 Å². The third kappa shape index (κ3) is 4.16. The van der Waals surface area contributed by atoms with Gasteiger partial charge in [-0.1, -0.05) is 42.8 Å². The SMILES string of the molecule is CCCCN(C)C(=O)CCc1nc(-c2ccccc2C)no1. The molecule has 0 aliphatic carbocycles. The van der Waals surface area contributed by atoms with Gasteiger partial charge in [-0.15, -0.1) is 0 Å². The summed E-state index contributed by atoms with van der Waals surface area (Å²) in [5.74, 6) is 1.21. The van der Waals surface area contributed by atoms with Crippen molar-refractivity contribution in [1.82, 2.24) is 15.0 Å². The second kappa shape index (κ2) is 7.73. The second-order valence-corrected chi connectivity index (χ2v) is 5.50. The average molecular weight is 301 g/mol. The predicted molar refractivity (Wildman–Crippen MR) is 85.3 cm³/mol. The molecular weight excluding hydrogens is 278 g/mol. The van der Waals surface area contributed by atoms with Crippen LogP contribution in [-0.2, 0) is 11.2 Å². The maximum atomic E-state index is 12.0. The van der Waals surface area contributed by atoms with Crippen LogP contribution in [0.1, 0.15) is 37.6 Å². The van der Waals surface area contributed by atoms with Crippen LogP contribution in [-0.4, -0.2) is 34.5 Å². The lowest BCUT2D eigenvalue weighted by Crippen LogP contribution is -2.27. The molecule has 1 aromatic heterocycles. The fourth-order valence-electron chi connectivity index (χ4n) is 2.21. The summed E-state index contributed by atoms with van der Waals surface area (Å²) >= 11 is 0. The first-order valence-electron chi connectivity index (χ1n) is 7.74. The molecule has 0 N–H and O–H groups in total. The summed E-state index contributed by atoms with van der Waals surface area (Å²) < 4.78 is 5.25. The standard InChI is InChI=1S/C17H23N3O2/c1-4-5-12-20(3)16(21)11-10-15-18-17(19-22-15)14-9-7-6-8-13(14)2/h6-9H,4-5,10-12H2,1-3H3. The highest BCUT2D eigenvalue weighted by atomic mass is 16.5. The smallest absolute Gasteiger partial charge is 0.227 e. The Bertz CT molecular complexity index is 622. The Morgan fingerprint density at radius 1 is 1.32 bits per heavy atom. The van der Waals surface area contributed by atoms with Crippen LogP contribution in [0, 0.1) is 6.92 Å². The van der Waals surface area contributed by atoms with Gasteiger partial charge in [-0.2, -0.15) is 4.98 Å². The van der Waals surface area contributed by atoms with Crippen molar-refractivity contribution in [2.45, 2.75) is 39.5 Å². The first-order chi connectivity index (χ1) is 10.6. The normalized spacial score (nSPS) is 10.7. The highest BCUT2D eigenvalue weighted by Crippen LogP contribution is 2.20. The van der Waals surface area contributed by atoms with Gasteiger partial charge in [0.15, 0.2) is 0 Å². The number of amides is 1. The summed E-state index contributed by atoms with van der Waals surface area (Å²) in [6.07, 6.45) is 2.99. The molecule has 2 aromatic rings. The first kappa shape index (κ1) is 16.2. The van der Waals surface area contributed by atoms with Gasteiger partial charge in [0.1, 0.15) is 0 Å². The first-order valence-corrected chi connectivity index (χ1v) is 7.74. The quantitative estimate of drug-likeness (QED) is 0.787. The summed E-state index contributed by atoms with van der Waals surface area (Å²) in [5.41, 5.74) is 2.06. The van der Waals surface area contributed by atoms with Gasteiger partial charge in [0.25, 0.3) is 0 Å². The molecule has 0 aliphatic rings. The minimum Gasteiger partial charge on any atom is -0.346 e. The molecule has 0 spiro atoms. The minimum atomic E-state index is 0.115. The highest BCUT2D eigenvalue weighted by Gasteiger charge is 2.13. The number of aryl methyl sites for hydroxylation is 2. The number of hydrogen-bond donors (Lipinski definition) is 0. The number of unbranched alkanes of at least 4 members (excludes halogenated alkanes) is 1. The van der Waals surface area contributed by atoms with E-state index in [9.17, 15) is 4.79 Å². The summed E-state index contributed by atoms with van der Waals surface area (Å²) in [7, 11) is 1.84. The Hall–Kier alpha value is -2.17. The van der Waals surface area contributed by atoms with Gasteiger partial charge in [0.05, 0.1) is 0 Å². The third-order valence-corrected chi connectivity index (χ3v) is 3.68. The van der Waals surface area contributed by atoms with Crippen LogP contribution in [0.3, 0.4) is 0 Å². The molecule has 0 bridgehead atoms. The van der Waals surface area contributed by atoms with E-state index in [1.807, 2.05) is 38.2 Å². The Morgan fingerprint density at radius 2 is 2.09 bits per heavy atom. The average Bonchev–Trinajstić information content (AvgIpc) is 2.99. The van der Waals surface area contributed by atoms with Crippen molar-refractivity contribution in [2.75, 3.05) is 13.6 Å². The van der Waals surface area contributed by atoms with Crippen molar-refractivity contribution >= 4 is 5.91 Å². The van der Waals surface area contributed by atoms with E-state index in [4.69, 9.17) is 4.52 Å². The Balaban J connectivity index is 1.93. The summed E-state index contributed by atoms with van der Waals surface area (Å²) in [6, 6.07) is 7.90. The minimum absolute atomic E-state index is 0.115. The molecule has 5 heteroatoms. The number of carbonyl (C=O) groups is 1. The predicted octanol–water partition coefficient (Wildman–Crippen LogP) is 3.24. The van der Waals surface area contributed by atoms with Gasteiger partial charge in [0, 0.05) is 32.0 Å². The van der Waals surface area contributed by atoms with E-state index >= 15 is 0 Å². The molecule has 0 aliphatic heterocycles. The summed E-state index contributed by atoms with van der Waals surface area (Å²) in [6.45, 7) is 4.93. The largest absolute Gasteiger partial charge is 0.346 e. The van der Waals surface area contributed by atoms with E-state index in [1.165, 1.54) is 0 Å². The van der Waals surface area contributed by atoms with E-state index in [0.717, 1.165) is 30.5 Å². The van der Waals surface area contributed by atoms with E-state index in [2.05, 4.69) is 17.1 Å². The van der Waals surface area contributed by atoms with E-state index in [-0.39, 0.29) is 5.91 Å². The molecule has 0 saturated carbocycles. The van der Waals surface area contributed by atoms with Crippen LogP contribution < -0.4 is 0 Å². The number of rotatable bonds is 7. The molecular formula is C17H23N3O2. The van der Waals surface area contributed by atoms with Gasteiger partial charge in [-0.25, -0.2) is 0 Å². The van der Waals surface area contributed by atoms with Gasteiger partial charge in [-0.3, -0.25) is 4.79 Å². The lowest BCUT2D eigenvalue weighted by atomic mass is 10.1. The molecule has 0 saturated heterocycles. The molecule has 0 atom stereocenters. The van der Waals surface area contributed by atoms with Gasteiger partial charge >= 0.3 is 0 Å². The highest BCUT2D eigenvalue weighted by molar-refractivity contribution is 5.76. The van der Waals surface area contributed by atoms with Crippen molar-refractivity contribution in [3.8, 4) is 11.4 Å². The Labute approximate surface area is 131 Å². The Kier molecular flexibility index (Phi) is 5.69. The summed E-state index contributed by atoms with van der Waals surface area (Å²) in [4.78, 5) is 18.1. The summed E-state index contributed by atoms with van der Waals surface area (Å²) in [5, 5.41) is 4.01. The van der Waals surface area contributed by atoms with Crippen LogP contribution in [0.4, 0.5) is 0 Å². The van der Waals surface area contributed by atoms with Crippen molar-refractivity contribution < 1.29 is 9.32 Å². The monoisotopic (exact) mass is 301 g/mol. The zero-order valence-electron chi connectivity index (χ0n) is 13.5. The molecule has 2 rings (SSSR count).